The molecule has 2 aromatic heterocycles. The van der Waals surface area contributed by atoms with Crippen molar-refractivity contribution in [1.29, 1.82) is 5.26 Å². The molecule has 0 aliphatic carbocycles. The van der Waals surface area contributed by atoms with Crippen molar-refractivity contribution in [2.45, 2.75) is 13.8 Å². The number of rotatable bonds is 2. The molecule has 0 spiro atoms. The van der Waals surface area contributed by atoms with E-state index in [0.717, 1.165) is 17.1 Å². The molecule has 2 rings (SSSR count). The molecule has 2 heterocycles. The average molecular weight is 225 g/mol. The molecule has 1 N–H and O–H groups in total. The van der Waals surface area contributed by atoms with E-state index < -0.39 is 0 Å². The number of aryl methyl sites for hydroxylation is 2. The van der Waals surface area contributed by atoms with E-state index in [2.05, 4.69) is 20.3 Å². The molecule has 2 aromatic rings. The Hall–Kier alpha value is -2.48. The summed E-state index contributed by atoms with van der Waals surface area (Å²) < 4.78 is 0. The van der Waals surface area contributed by atoms with Crippen molar-refractivity contribution in [3.8, 4) is 6.07 Å². The zero-order valence-electron chi connectivity index (χ0n) is 9.60. The van der Waals surface area contributed by atoms with E-state index in [1.165, 1.54) is 0 Å². The minimum atomic E-state index is 0.334. The zero-order valence-corrected chi connectivity index (χ0v) is 9.60. The SMILES string of the molecule is Cc1ccc(Nc2nccc(C#N)n2)c(C)n1. The van der Waals surface area contributed by atoms with Gasteiger partial charge in [0, 0.05) is 11.9 Å². The average Bonchev–Trinajstić information content (AvgIpc) is 2.33. The Balaban J connectivity index is 2.28. The third-order valence-electron chi connectivity index (χ3n) is 2.24. The van der Waals surface area contributed by atoms with Gasteiger partial charge in [0.15, 0.2) is 0 Å². The Kier molecular flexibility index (Phi) is 2.97. The van der Waals surface area contributed by atoms with Gasteiger partial charge in [0.1, 0.15) is 11.8 Å². The maximum Gasteiger partial charge on any atom is 0.228 e. The number of aromatic nitrogens is 3. The summed E-state index contributed by atoms with van der Waals surface area (Å²) >= 11 is 0. The molecule has 0 saturated heterocycles. The second-order valence-corrected chi connectivity index (χ2v) is 3.59. The van der Waals surface area contributed by atoms with Crippen LogP contribution in [0.2, 0.25) is 0 Å². The number of nitrogens with zero attached hydrogens (tertiary/aromatic N) is 4. The molecule has 0 fully saturated rings. The molecule has 0 unspecified atom stereocenters. The molecule has 0 radical (unpaired) electrons. The van der Waals surface area contributed by atoms with E-state index in [0.29, 0.717) is 11.6 Å². The van der Waals surface area contributed by atoms with Crippen LogP contribution in [0.1, 0.15) is 17.1 Å². The van der Waals surface area contributed by atoms with Crippen molar-refractivity contribution >= 4 is 11.6 Å². The fourth-order valence-electron chi connectivity index (χ4n) is 1.42. The van der Waals surface area contributed by atoms with Crippen molar-refractivity contribution in [1.82, 2.24) is 15.0 Å². The topological polar surface area (TPSA) is 74.5 Å². The van der Waals surface area contributed by atoms with Crippen molar-refractivity contribution in [3.05, 3.63) is 41.5 Å². The number of hydrogen-bond donors (Lipinski definition) is 1. The second kappa shape index (κ2) is 4.58. The first kappa shape index (κ1) is 11.0. The molecule has 0 amide bonds. The van der Waals surface area contributed by atoms with Gasteiger partial charge in [0.05, 0.1) is 11.4 Å². The predicted molar refractivity (Wildman–Crippen MR) is 63.7 cm³/mol. The Morgan fingerprint density at radius 2 is 2.00 bits per heavy atom. The highest BCUT2D eigenvalue weighted by Gasteiger charge is 2.03. The molecule has 5 heteroatoms. The molecule has 0 bridgehead atoms. The third kappa shape index (κ3) is 2.55. The number of nitrogens with one attached hydrogen (secondary N) is 1. The molecule has 0 aliphatic rings. The van der Waals surface area contributed by atoms with Crippen LogP contribution in [0.15, 0.2) is 24.4 Å². The van der Waals surface area contributed by atoms with Gasteiger partial charge in [-0.15, -0.1) is 0 Å². The molecule has 5 nitrogen and oxygen atoms in total. The van der Waals surface area contributed by atoms with Gasteiger partial charge < -0.3 is 5.32 Å². The highest BCUT2D eigenvalue weighted by molar-refractivity contribution is 5.56. The first-order chi connectivity index (χ1) is 8.19. The number of anilines is 2. The Morgan fingerprint density at radius 3 is 2.71 bits per heavy atom. The molecular weight excluding hydrogens is 214 g/mol. The number of pyridine rings is 1. The van der Waals surface area contributed by atoms with Crippen LogP contribution >= 0.6 is 0 Å². The summed E-state index contributed by atoms with van der Waals surface area (Å²) in [5.74, 6) is 0.401. The Labute approximate surface area is 99.2 Å². The monoisotopic (exact) mass is 225 g/mol. The van der Waals surface area contributed by atoms with Gasteiger partial charge in [-0.1, -0.05) is 0 Å². The first-order valence-electron chi connectivity index (χ1n) is 5.13. The van der Waals surface area contributed by atoms with Crippen LogP contribution in [0.4, 0.5) is 11.6 Å². The van der Waals surface area contributed by atoms with Gasteiger partial charge in [-0.25, -0.2) is 9.97 Å². The molecule has 0 saturated carbocycles. The smallest absolute Gasteiger partial charge is 0.228 e. The van der Waals surface area contributed by atoms with E-state index >= 15 is 0 Å². The lowest BCUT2D eigenvalue weighted by Crippen LogP contribution is -2.01. The summed E-state index contributed by atoms with van der Waals surface area (Å²) in [6.07, 6.45) is 1.55. The fourth-order valence-corrected chi connectivity index (χ4v) is 1.42. The largest absolute Gasteiger partial charge is 0.323 e. The lowest BCUT2D eigenvalue weighted by Gasteiger charge is -2.07. The summed E-state index contributed by atoms with van der Waals surface area (Å²) in [4.78, 5) is 12.4. The summed E-state index contributed by atoms with van der Waals surface area (Å²) in [7, 11) is 0. The van der Waals surface area contributed by atoms with Crippen LogP contribution in [-0.2, 0) is 0 Å². The maximum atomic E-state index is 8.74. The van der Waals surface area contributed by atoms with Crippen LogP contribution in [0.25, 0.3) is 0 Å². The lowest BCUT2D eigenvalue weighted by atomic mass is 10.3. The van der Waals surface area contributed by atoms with Gasteiger partial charge >= 0.3 is 0 Å². The second-order valence-electron chi connectivity index (χ2n) is 3.59. The van der Waals surface area contributed by atoms with E-state index in [-0.39, 0.29) is 0 Å². The molecule has 17 heavy (non-hydrogen) atoms. The van der Waals surface area contributed by atoms with E-state index in [1.807, 2.05) is 32.0 Å². The first-order valence-corrected chi connectivity index (χ1v) is 5.13. The zero-order chi connectivity index (χ0) is 12.3. The molecule has 84 valence electrons. The van der Waals surface area contributed by atoms with Gasteiger partial charge in [-0.2, -0.15) is 5.26 Å². The maximum absolute atomic E-state index is 8.74. The van der Waals surface area contributed by atoms with Gasteiger partial charge in [0.25, 0.3) is 0 Å². The minimum absolute atomic E-state index is 0.334. The van der Waals surface area contributed by atoms with Crippen molar-refractivity contribution < 1.29 is 0 Å². The standard InChI is InChI=1S/C12H11N5/c1-8-3-4-11(9(2)15-8)17-12-14-6-5-10(7-13)16-12/h3-6H,1-2H3,(H,14,16,17). The Bertz CT molecular complexity index is 586. The summed E-state index contributed by atoms with van der Waals surface area (Å²) in [5, 5.41) is 11.8. The van der Waals surface area contributed by atoms with Crippen LogP contribution in [0.3, 0.4) is 0 Å². The van der Waals surface area contributed by atoms with E-state index in [4.69, 9.17) is 5.26 Å². The highest BCUT2D eigenvalue weighted by atomic mass is 15.1. The van der Waals surface area contributed by atoms with Gasteiger partial charge in [-0.05, 0) is 32.0 Å². The summed E-state index contributed by atoms with van der Waals surface area (Å²) in [6.45, 7) is 3.84. The van der Waals surface area contributed by atoms with Crippen molar-refractivity contribution in [2.24, 2.45) is 0 Å². The predicted octanol–water partition coefficient (Wildman–Crippen LogP) is 2.10. The van der Waals surface area contributed by atoms with Crippen LogP contribution in [0, 0.1) is 25.2 Å². The fraction of sp³-hybridized carbons (Fsp3) is 0.167. The van der Waals surface area contributed by atoms with Gasteiger partial charge in [-0.3, -0.25) is 4.98 Å². The van der Waals surface area contributed by atoms with Crippen LogP contribution < -0.4 is 5.32 Å². The van der Waals surface area contributed by atoms with E-state index in [1.54, 1.807) is 12.3 Å². The quantitative estimate of drug-likeness (QED) is 0.847. The Morgan fingerprint density at radius 1 is 1.18 bits per heavy atom. The van der Waals surface area contributed by atoms with Crippen LogP contribution in [0.5, 0.6) is 0 Å². The van der Waals surface area contributed by atoms with Crippen molar-refractivity contribution in [3.63, 3.8) is 0 Å². The molecular formula is C12H11N5. The van der Waals surface area contributed by atoms with Gasteiger partial charge in [0.2, 0.25) is 5.95 Å². The molecule has 0 aromatic carbocycles. The minimum Gasteiger partial charge on any atom is -0.323 e. The molecule has 0 atom stereocenters. The normalized spacial score (nSPS) is 9.71. The van der Waals surface area contributed by atoms with Crippen LogP contribution in [-0.4, -0.2) is 15.0 Å². The van der Waals surface area contributed by atoms with Crippen molar-refractivity contribution in [2.75, 3.05) is 5.32 Å². The number of nitriles is 1. The summed E-state index contributed by atoms with van der Waals surface area (Å²) in [6, 6.07) is 7.35. The summed E-state index contributed by atoms with van der Waals surface area (Å²) in [5.41, 5.74) is 3.00. The molecule has 0 aliphatic heterocycles. The highest BCUT2D eigenvalue weighted by Crippen LogP contribution is 2.16. The number of hydrogen-bond acceptors (Lipinski definition) is 5. The third-order valence-corrected chi connectivity index (χ3v) is 2.24. The van der Waals surface area contributed by atoms with E-state index in [9.17, 15) is 0 Å². The lowest BCUT2D eigenvalue weighted by molar-refractivity contribution is 1.10.